The summed E-state index contributed by atoms with van der Waals surface area (Å²) in [5.74, 6) is 1.33. The minimum atomic E-state index is -0.431. The smallest absolute Gasteiger partial charge is 0.369 e. The highest BCUT2D eigenvalue weighted by molar-refractivity contribution is 6.28. The second-order valence-corrected chi connectivity index (χ2v) is 7.15. The lowest BCUT2D eigenvalue weighted by atomic mass is 9.89. The monoisotopic (exact) mass is 392 g/mol. The number of likely N-dealkylation sites (tertiary alicyclic amines) is 1. The molecular weight excluding hydrogens is 368 g/mol. The van der Waals surface area contributed by atoms with E-state index in [0.717, 1.165) is 31.5 Å². The van der Waals surface area contributed by atoms with Crippen molar-refractivity contribution < 1.29 is 19.1 Å². The Balaban J connectivity index is 1.51. The summed E-state index contributed by atoms with van der Waals surface area (Å²) in [6.45, 7) is 1.77. The van der Waals surface area contributed by atoms with Crippen LogP contribution >= 0.6 is 0 Å². The van der Waals surface area contributed by atoms with Crippen LogP contribution in [-0.4, -0.2) is 43.9 Å². The van der Waals surface area contributed by atoms with Crippen molar-refractivity contribution in [1.82, 2.24) is 4.90 Å². The van der Waals surface area contributed by atoms with Gasteiger partial charge in [0.25, 0.3) is 0 Å². The average molecular weight is 392 g/mol. The first-order chi connectivity index (χ1) is 14.2. The molecule has 0 aromatic heterocycles. The molecule has 0 atom stereocenters. The molecule has 0 bridgehead atoms. The number of ether oxygens (including phenoxy) is 2. The van der Waals surface area contributed by atoms with Crippen molar-refractivity contribution in [2.24, 2.45) is 5.16 Å². The Labute approximate surface area is 170 Å². The number of hydrogen-bond acceptors (Lipinski definition) is 6. The number of methoxy groups -OCH3 is 2. The number of piperidine rings is 1. The number of nitrogens with zero attached hydrogens (tertiary/aromatic N) is 2. The summed E-state index contributed by atoms with van der Waals surface area (Å²) in [6, 6.07) is 16.0. The lowest BCUT2D eigenvalue weighted by Crippen LogP contribution is -2.30. The van der Waals surface area contributed by atoms with Crippen molar-refractivity contribution >= 4 is 11.7 Å². The third-order valence-corrected chi connectivity index (χ3v) is 5.46. The highest BCUT2D eigenvalue weighted by atomic mass is 16.7. The number of carbonyl (C=O) groups is 1. The van der Waals surface area contributed by atoms with Crippen LogP contribution < -0.4 is 9.47 Å². The zero-order valence-corrected chi connectivity index (χ0v) is 16.6. The Morgan fingerprint density at radius 2 is 1.76 bits per heavy atom. The zero-order chi connectivity index (χ0) is 20.2. The molecule has 0 N–H and O–H groups in total. The molecule has 0 unspecified atom stereocenters. The maximum Gasteiger partial charge on any atom is 0.369 e. The molecular formula is C23H24N2O4. The highest BCUT2D eigenvalue weighted by Crippen LogP contribution is 2.31. The van der Waals surface area contributed by atoms with E-state index >= 15 is 0 Å². The SMILES string of the molecule is COc1ccc(C2=NOC(=O)/C2=C\N2CCC(c3ccccc3)CC2)cc1OC. The molecule has 6 nitrogen and oxygen atoms in total. The lowest BCUT2D eigenvalue weighted by Gasteiger charge is -2.31. The van der Waals surface area contributed by atoms with Crippen molar-refractivity contribution in [2.75, 3.05) is 27.3 Å². The van der Waals surface area contributed by atoms with Gasteiger partial charge >= 0.3 is 5.97 Å². The molecule has 150 valence electrons. The predicted molar refractivity (Wildman–Crippen MR) is 110 cm³/mol. The third-order valence-electron chi connectivity index (χ3n) is 5.46. The average Bonchev–Trinajstić information content (AvgIpc) is 3.14. The van der Waals surface area contributed by atoms with Crippen LogP contribution in [0.4, 0.5) is 0 Å². The topological polar surface area (TPSA) is 60.4 Å². The van der Waals surface area contributed by atoms with Gasteiger partial charge in [0.15, 0.2) is 11.5 Å². The number of carbonyl (C=O) groups excluding carboxylic acids is 1. The zero-order valence-electron chi connectivity index (χ0n) is 16.6. The summed E-state index contributed by atoms with van der Waals surface area (Å²) >= 11 is 0. The van der Waals surface area contributed by atoms with Gasteiger partial charge in [-0.3, -0.25) is 0 Å². The molecule has 2 aliphatic heterocycles. The third kappa shape index (κ3) is 3.97. The highest BCUT2D eigenvalue weighted by Gasteiger charge is 2.29. The van der Waals surface area contributed by atoms with E-state index in [9.17, 15) is 4.79 Å². The standard InChI is InChI=1S/C23H24N2O4/c1-27-20-9-8-18(14-21(20)28-2)22-19(23(26)29-24-22)15-25-12-10-17(11-13-25)16-6-4-3-5-7-16/h3-9,14-15,17H,10-13H2,1-2H3/b19-15-. The summed E-state index contributed by atoms with van der Waals surface area (Å²) in [4.78, 5) is 19.5. The molecule has 0 aliphatic carbocycles. The maximum atomic E-state index is 12.3. The van der Waals surface area contributed by atoms with E-state index in [1.807, 2.05) is 18.3 Å². The van der Waals surface area contributed by atoms with Crippen LogP contribution in [-0.2, 0) is 9.63 Å². The summed E-state index contributed by atoms with van der Waals surface area (Å²) in [6.07, 6.45) is 3.98. The van der Waals surface area contributed by atoms with Crippen LogP contribution in [0, 0.1) is 0 Å². The van der Waals surface area contributed by atoms with E-state index in [0.29, 0.717) is 28.7 Å². The van der Waals surface area contributed by atoms with E-state index in [1.165, 1.54) is 5.56 Å². The van der Waals surface area contributed by atoms with E-state index in [2.05, 4.69) is 34.3 Å². The van der Waals surface area contributed by atoms with Gasteiger partial charge < -0.3 is 19.2 Å². The van der Waals surface area contributed by atoms with Gasteiger partial charge in [-0.25, -0.2) is 4.79 Å². The molecule has 4 rings (SSSR count). The maximum absolute atomic E-state index is 12.3. The molecule has 0 saturated carbocycles. The second kappa shape index (κ2) is 8.39. The van der Waals surface area contributed by atoms with Crippen molar-refractivity contribution in [3.63, 3.8) is 0 Å². The molecule has 2 aromatic rings. The fourth-order valence-electron chi connectivity index (χ4n) is 3.86. The first kappa shape index (κ1) is 19.1. The van der Waals surface area contributed by atoms with Gasteiger partial charge in [-0.1, -0.05) is 35.5 Å². The lowest BCUT2D eigenvalue weighted by molar-refractivity contribution is -0.136. The van der Waals surface area contributed by atoms with E-state index in [1.54, 1.807) is 26.4 Å². The van der Waals surface area contributed by atoms with Gasteiger partial charge in [0.05, 0.1) is 14.2 Å². The Kier molecular flexibility index (Phi) is 5.51. The van der Waals surface area contributed by atoms with E-state index in [-0.39, 0.29) is 0 Å². The minimum Gasteiger partial charge on any atom is -0.493 e. The van der Waals surface area contributed by atoms with Crippen molar-refractivity contribution in [1.29, 1.82) is 0 Å². The number of hydrogen-bond donors (Lipinski definition) is 0. The van der Waals surface area contributed by atoms with Gasteiger partial charge in [-0.05, 0) is 42.5 Å². The van der Waals surface area contributed by atoms with Crippen LogP contribution in [0.5, 0.6) is 11.5 Å². The molecule has 2 aliphatic rings. The number of rotatable bonds is 5. The molecule has 0 spiro atoms. The van der Waals surface area contributed by atoms with Gasteiger partial charge in [-0.2, -0.15) is 0 Å². The summed E-state index contributed by atoms with van der Waals surface area (Å²) in [5, 5.41) is 4.00. The van der Waals surface area contributed by atoms with Gasteiger partial charge in [0.2, 0.25) is 0 Å². The van der Waals surface area contributed by atoms with Gasteiger partial charge in [0, 0.05) is 24.9 Å². The Hall–Kier alpha value is -3.28. The van der Waals surface area contributed by atoms with E-state index < -0.39 is 5.97 Å². The Morgan fingerprint density at radius 3 is 2.45 bits per heavy atom. The molecule has 2 heterocycles. The quantitative estimate of drug-likeness (QED) is 0.573. The molecule has 2 aromatic carbocycles. The van der Waals surface area contributed by atoms with Crippen molar-refractivity contribution in [2.45, 2.75) is 18.8 Å². The predicted octanol–water partition coefficient (Wildman–Crippen LogP) is 3.73. The van der Waals surface area contributed by atoms with Crippen LogP contribution in [0.15, 0.2) is 65.5 Å². The first-order valence-electron chi connectivity index (χ1n) is 9.72. The minimum absolute atomic E-state index is 0.431. The van der Waals surface area contributed by atoms with Crippen molar-refractivity contribution in [3.05, 3.63) is 71.4 Å². The molecule has 1 fully saturated rings. The summed E-state index contributed by atoms with van der Waals surface area (Å²) in [5.41, 5.74) is 3.11. The fourth-order valence-corrected chi connectivity index (χ4v) is 3.86. The summed E-state index contributed by atoms with van der Waals surface area (Å²) < 4.78 is 10.7. The fraction of sp³-hybridized carbons (Fsp3) is 0.304. The molecule has 1 saturated heterocycles. The molecule has 0 amide bonds. The number of benzene rings is 2. The number of oxime groups is 1. The first-order valence-corrected chi connectivity index (χ1v) is 9.72. The van der Waals surface area contributed by atoms with Crippen LogP contribution in [0.25, 0.3) is 0 Å². The Morgan fingerprint density at radius 1 is 1.03 bits per heavy atom. The van der Waals surface area contributed by atoms with Crippen molar-refractivity contribution in [3.8, 4) is 11.5 Å². The van der Waals surface area contributed by atoms with Gasteiger partial charge in [-0.15, -0.1) is 0 Å². The second-order valence-electron chi connectivity index (χ2n) is 7.15. The van der Waals surface area contributed by atoms with Crippen LogP contribution in [0.2, 0.25) is 0 Å². The molecule has 29 heavy (non-hydrogen) atoms. The van der Waals surface area contributed by atoms with Gasteiger partial charge in [0.1, 0.15) is 11.3 Å². The van der Waals surface area contributed by atoms with E-state index in [4.69, 9.17) is 14.3 Å². The Bertz CT molecular complexity index is 945. The largest absolute Gasteiger partial charge is 0.493 e. The molecule has 0 radical (unpaired) electrons. The van der Waals surface area contributed by atoms with Crippen LogP contribution in [0.1, 0.15) is 29.9 Å². The van der Waals surface area contributed by atoms with Crippen LogP contribution in [0.3, 0.4) is 0 Å². The normalized spacial score (nSPS) is 18.6. The molecule has 6 heteroatoms. The summed E-state index contributed by atoms with van der Waals surface area (Å²) in [7, 11) is 3.16.